The highest BCUT2D eigenvalue weighted by Crippen LogP contribution is 2.27. The van der Waals surface area contributed by atoms with Gasteiger partial charge in [-0.15, -0.1) is 10.2 Å². The molecule has 1 atom stereocenters. The van der Waals surface area contributed by atoms with Crippen LogP contribution < -0.4 is 21.7 Å². The molecule has 0 bridgehead atoms. The number of aromatic amines is 1. The summed E-state index contributed by atoms with van der Waals surface area (Å²) in [7, 11) is 0. The first-order valence-corrected chi connectivity index (χ1v) is 9.94. The fraction of sp³-hybridized carbons (Fsp3) is 0.238. The van der Waals surface area contributed by atoms with Crippen LogP contribution >= 0.6 is 0 Å². The van der Waals surface area contributed by atoms with Crippen LogP contribution in [0.4, 0.5) is 17.5 Å². The summed E-state index contributed by atoms with van der Waals surface area (Å²) < 4.78 is 0. The molecule has 9 heteroatoms. The third kappa shape index (κ3) is 3.50. The predicted octanol–water partition coefficient (Wildman–Crippen LogP) is 1.60. The molecule has 2 aromatic heterocycles. The summed E-state index contributed by atoms with van der Waals surface area (Å²) >= 11 is 0. The van der Waals surface area contributed by atoms with E-state index in [-0.39, 0.29) is 0 Å². The Bertz CT molecular complexity index is 1170. The molecule has 1 aliphatic rings. The Morgan fingerprint density at radius 2 is 1.90 bits per heavy atom. The van der Waals surface area contributed by atoms with Crippen LogP contribution in [-0.4, -0.2) is 51.1 Å². The molecule has 9 nitrogen and oxygen atoms in total. The number of benzene rings is 2. The minimum absolute atomic E-state index is 0.307. The van der Waals surface area contributed by atoms with Crippen LogP contribution in [0.5, 0.6) is 0 Å². The molecule has 4 aromatic rings. The van der Waals surface area contributed by atoms with Gasteiger partial charge in [0.1, 0.15) is 0 Å². The summed E-state index contributed by atoms with van der Waals surface area (Å²) in [6, 6.07) is 16.5. The standard InChI is InChI=1S/C21H23N9/c22-18-16-11-14(6-7-17(16)26-27-18)20-25-21(19(23)28-29-20)30-9-8-24-15(12-30)10-13-4-2-1-3-5-13/h1-7,11,15,24H,8-10,12H2,(H2,23,28)(H3,22,26,27)/t15-/m1/s1. The topological polar surface area (TPSA) is 135 Å². The lowest BCUT2D eigenvalue weighted by atomic mass is 10.0. The molecule has 0 amide bonds. The molecule has 152 valence electrons. The monoisotopic (exact) mass is 401 g/mol. The Morgan fingerprint density at radius 3 is 2.77 bits per heavy atom. The fourth-order valence-electron chi connectivity index (χ4n) is 3.91. The molecular formula is C21H23N9. The summed E-state index contributed by atoms with van der Waals surface area (Å²) in [5, 5.41) is 19.7. The van der Waals surface area contributed by atoms with Crippen molar-refractivity contribution in [1.29, 1.82) is 0 Å². The van der Waals surface area contributed by atoms with Gasteiger partial charge >= 0.3 is 0 Å². The average molecular weight is 401 g/mol. The van der Waals surface area contributed by atoms with Gasteiger partial charge in [0, 0.05) is 36.6 Å². The van der Waals surface area contributed by atoms with E-state index in [1.54, 1.807) is 0 Å². The number of fused-ring (bicyclic) bond motifs is 1. The number of nitrogens with one attached hydrogen (secondary N) is 2. The van der Waals surface area contributed by atoms with Crippen molar-refractivity contribution in [3.05, 3.63) is 54.1 Å². The minimum atomic E-state index is 0.307. The van der Waals surface area contributed by atoms with Crippen LogP contribution in [0.1, 0.15) is 5.56 Å². The van der Waals surface area contributed by atoms with E-state index >= 15 is 0 Å². The van der Waals surface area contributed by atoms with Crippen LogP contribution in [0.15, 0.2) is 48.5 Å². The van der Waals surface area contributed by atoms with Crippen LogP contribution in [-0.2, 0) is 6.42 Å². The number of nitrogens with zero attached hydrogens (tertiary/aromatic N) is 5. The zero-order chi connectivity index (χ0) is 20.5. The normalized spacial score (nSPS) is 16.8. The summed E-state index contributed by atoms with van der Waals surface area (Å²) in [6.07, 6.45) is 0.943. The molecule has 3 heterocycles. The maximum atomic E-state index is 6.16. The quantitative estimate of drug-likeness (QED) is 0.405. The smallest absolute Gasteiger partial charge is 0.189 e. The SMILES string of the molecule is Nc1nnc(-c2ccc3[nH]nc(N)c3c2)nc1N1CCN[C@H](Cc2ccccc2)C1. The predicted molar refractivity (Wildman–Crippen MR) is 118 cm³/mol. The highest BCUT2D eigenvalue weighted by atomic mass is 15.3. The number of nitrogen functional groups attached to an aromatic ring is 2. The van der Waals surface area contributed by atoms with Crippen molar-refractivity contribution >= 4 is 28.4 Å². The Labute approximate surface area is 173 Å². The van der Waals surface area contributed by atoms with Gasteiger partial charge in [0.05, 0.1) is 5.52 Å². The molecule has 0 unspecified atom stereocenters. The molecule has 30 heavy (non-hydrogen) atoms. The molecular weight excluding hydrogens is 378 g/mol. The van der Waals surface area contributed by atoms with Gasteiger partial charge in [-0.2, -0.15) is 5.10 Å². The maximum Gasteiger partial charge on any atom is 0.189 e. The Hall–Kier alpha value is -3.72. The van der Waals surface area contributed by atoms with Gasteiger partial charge in [-0.05, 0) is 30.2 Å². The molecule has 0 saturated carbocycles. The summed E-state index contributed by atoms with van der Waals surface area (Å²) in [4.78, 5) is 6.94. The van der Waals surface area contributed by atoms with Gasteiger partial charge in [-0.1, -0.05) is 30.3 Å². The van der Waals surface area contributed by atoms with Gasteiger partial charge in [0.2, 0.25) is 0 Å². The Balaban J connectivity index is 1.41. The molecule has 0 spiro atoms. The highest BCUT2D eigenvalue weighted by molar-refractivity contribution is 5.91. The van der Waals surface area contributed by atoms with Crippen molar-refractivity contribution in [2.24, 2.45) is 0 Å². The third-order valence-electron chi connectivity index (χ3n) is 5.42. The first kappa shape index (κ1) is 18.3. The molecule has 0 aliphatic carbocycles. The lowest BCUT2D eigenvalue weighted by Gasteiger charge is -2.34. The van der Waals surface area contributed by atoms with Crippen LogP contribution in [0, 0.1) is 0 Å². The first-order valence-electron chi connectivity index (χ1n) is 9.94. The second-order valence-corrected chi connectivity index (χ2v) is 7.50. The van der Waals surface area contributed by atoms with Crippen molar-refractivity contribution in [3.63, 3.8) is 0 Å². The first-order chi connectivity index (χ1) is 14.7. The number of anilines is 3. The number of H-pyrrole nitrogens is 1. The maximum absolute atomic E-state index is 6.16. The second-order valence-electron chi connectivity index (χ2n) is 7.50. The van der Waals surface area contributed by atoms with Crippen LogP contribution in [0.3, 0.4) is 0 Å². The van der Waals surface area contributed by atoms with E-state index in [0.717, 1.165) is 42.5 Å². The van der Waals surface area contributed by atoms with Crippen LogP contribution in [0.2, 0.25) is 0 Å². The molecule has 5 rings (SSSR count). The van der Waals surface area contributed by atoms with E-state index in [9.17, 15) is 0 Å². The van der Waals surface area contributed by atoms with Gasteiger partial charge < -0.3 is 21.7 Å². The van der Waals surface area contributed by atoms with E-state index in [0.29, 0.717) is 29.3 Å². The van der Waals surface area contributed by atoms with Crippen molar-refractivity contribution in [3.8, 4) is 11.4 Å². The molecule has 6 N–H and O–H groups in total. The molecule has 1 fully saturated rings. The lowest BCUT2D eigenvalue weighted by Crippen LogP contribution is -2.52. The van der Waals surface area contributed by atoms with E-state index in [1.165, 1.54) is 5.56 Å². The van der Waals surface area contributed by atoms with Crippen LogP contribution in [0.25, 0.3) is 22.3 Å². The van der Waals surface area contributed by atoms with Gasteiger partial charge in [-0.25, -0.2) is 4.98 Å². The van der Waals surface area contributed by atoms with E-state index < -0.39 is 0 Å². The van der Waals surface area contributed by atoms with E-state index in [1.807, 2.05) is 24.3 Å². The van der Waals surface area contributed by atoms with Gasteiger partial charge in [0.15, 0.2) is 23.3 Å². The van der Waals surface area contributed by atoms with E-state index in [4.69, 9.17) is 16.5 Å². The van der Waals surface area contributed by atoms with Crippen molar-refractivity contribution in [2.45, 2.75) is 12.5 Å². The molecule has 2 aromatic carbocycles. The Kier molecular flexibility index (Phi) is 4.64. The summed E-state index contributed by atoms with van der Waals surface area (Å²) in [5.41, 5.74) is 15.1. The highest BCUT2D eigenvalue weighted by Gasteiger charge is 2.23. The number of piperazine rings is 1. The number of hydrogen-bond donors (Lipinski definition) is 4. The van der Waals surface area contributed by atoms with Crippen molar-refractivity contribution < 1.29 is 0 Å². The summed E-state index contributed by atoms with van der Waals surface area (Å²) in [6.45, 7) is 2.46. The molecule has 1 aliphatic heterocycles. The lowest BCUT2D eigenvalue weighted by molar-refractivity contribution is 0.452. The average Bonchev–Trinajstić information content (AvgIpc) is 3.15. The van der Waals surface area contributed by atoms with Gasteiger partial charge in [-0.3, -0.25) is 5.10 Å². The van der Waals surface area contributed by atoms with Crippen molar-refractivity contribution in [2.75, 3.05) is 36.0 Å². The minimum Gasteiger partial charge on any atom is -0.382 e. The zero-order valence-corrected chi connectivity index (χ0v) is 16.4. The Morgan fingerprint density at radius 1 is 1.03 bits per heavy atom. The number of rotatable bonds is 4. The fourth-order valence-corrected chi connectivity index (χ4v) is 3.91. The summed E-state index contributed by atoms with van der Waals surface area (Å²) in [5.74, 6) is 1.96. The number of nitrogens with two attached hydrogens (primary N) is 2. The van der Waals surface area contributed by atoms with Crippen molar-refractivity contribution in [1.82, 2.24) is 30.7 Å². The molecule has 1 saturated heterocycles. The molecule has 0 radical (unpaired) electrons. The number of aromatic nitrogens is 5. The zero-order valence-electron chi connectivity index (χ0n) is 16.4. The number of hydrogen-bond acceptors (Lipinski definition) is 8. The third-order valence-corrected chi connectivity index (χ3v) is 5.42. The van der Waals surface area contributed by atoms with Gasteiger partial charge in [0.25, 0.3) is 0 Å². The largest absolute Gasteiger partial charge is 0.382 e. The second kappa shape index (κ2) is 7.60. The van der Waals surface area contributed by atoms with E-state index in [2.05, 4.69) is 54.9 Å².